The first-order valence-corrected chi connectivity index (χ1v) is 3.74. The maximum atomic E-state index is 11.1. The highest BCUT2D eigenvalue weighted by molar-refractivity contribution is 6.31. The Balaban J connectivity index is 3.52. The van der Waals surface area contributed by atoms with E-state index in [0.717, 1.165) is 0 Å². The summed E-state index contributed by atoms with van der Waals surface area (Å²) in [4.78, 5) is 0. The number of halogens is 1. The fraction of sp³-hybridized carbons (Fsp3) is 0.250. The largest absolute Gasteiger partial charge is 0.618 e. The molecule has 0 aliphatic rings. The second kappa shape index (κ2) is 3.00. The van der Waals surface area contributed by atoms with Gasteiger partial charge in [-0.05, 0) is 12.5 Å². The van der Waals surface area contributed by atoms with Crippen molar-refractivity contribution in [2.75, 3.05) is 0 Å². The molecule has 1 aromatic rings. The maximum Gasteiger partial charge on any atom is 0.208 e. The topological polar surface area (TPSA) is 50.7 Å². The SMILES string of the molecule is Cc1c(C#N)c[n+]([O-])c(C)c1Cl. The summed E-state index contributed by atoms with van der Waals surface area (Å²) in [7, 11) is 0. The van der Waals surface area contributed by atoms with Gasteiger partial charge in [-0.1, -0.05) is 11.6 Å². The second-order valence-corrected chi connectivity index (χ2v) is 2.88. The Hall–Kier alpha value is -1.27. The van der Waals surface area contributed by atoms with Crippen LogP contribution in [0.15, 0.2) is 6.20 Å². The van der Waals surface area contributed by atoms with E-state index < -0.39 is 0 Å². The minimum Gasteiger partial charge on any atom is -0.618 e. The van der Waals surface area contributed by atoms with Crippen molar-refractivity contribution in [2.24, 2.45) is 0 Å². The van der Waals surface area contributed by atoms with E-state index in [1.165, 1.54) is 6.20 Å². The van der Waals surface area contributed by atoms with Crippen LogP contribution in [0.1, 0.15) is 16.8 Å². The third-order valence-electron chi connectivity index (χ3n) is 1.75. The number of nitrogens with zero attached hydrogens (tertiary/aromatic N) is 2. The van der Waals surface area contributed by atoms with Gasteiger partial charge < -0.3 is 5.21 Å². The zero-order valence-corrected chi connectivity index (χ0v) is 7.51. The van der Waals surface area contributed by atoms with Gasteiger partial charge in [0, 0.05) is 6.92 Å². The lowest BCUT2D eigenvalue weighted by molar-refractivity contribution is -0.612. The molecule has 1 rings (SSSR count). The standard InChI is InChI=1S/C8H7ClN2O/c1-5-7(3-10)4-11(12)6(2)8(5)9/h4H,1-2H3. The Labute approximate surface area is 75.4 Å². The zero-order chi connectivity index (χ0) is 9.30. The smallest absolute Gasteiger partial charge is 0.208 e. The van der Waals surface area contributed by atoms with E-state index in [2.05, 4.69) is 0 Å². The van der Waals surface area contributed by atoms with Crippen molar-refractivity contribution in [2.45, 2.75) is 13.8 Å². The molecule has 4 heteroatoms. The first-order chi connectivity index (χ1) is 5.57. The van der Waals surface area contributed by atoms with Crippen molar-refractivity contribution in [3.8, 4) is 6.07 Å². The molecule has 0 fully saturated rings. The molecule has 0 unspecified atom stereocenters. The van der Waals surface area contributed by atoms with Crippen molar-refractivity contribution in [1.29, 1.82) is 5.26 Å². The van der Waals surface area contributed by atoms with Crippen molar-refractivity contribution >= 4 is 11.6 Å². The molecule has 0 aliphatic heterocycles. The second-order valence-electron chi connectivity index (χ2n) is 2.50. The summed E-state index contributed by atoms with van der Waals surface area (Å²) in [6, 6.07) is 1.90. The highest BCUT2D eigenvalue weighted by atomic mass is 35.5. The average Bonchev–Trinajstić information content (AvgIpc) is 2.08. The van der Waals surface area contributed by atoms with Gasteiger partial charge in [0.15, 0.2) is 6.20 Å². The normalized spacial score (nSPS) is 9.50. The van der Waals surface area contributed by atoms with Crippen molar-refractivity contribution in [1.82, 2.24) is 0 Å². The Morgan fingerprint density at radius 1 is 1.58 bits per heavy atom. The lowest BCUT2D eigenvalue weighted by Crippen LogP contribution is -2.30. The summed E-state index contributed by atoms with van der Waals surface area (Å²) in [6.45, 7) is 3.33. The van der Waals surface area contributed by atoms with Gasteiger partial charge in [0.2, 0.25) is 5.69 Å². The minimum atomic E-state index is 0.320. The van der Waals surface area contributed by atoms with Crippen LogP contribution in [-0.4, -0.2) is 0 Å². The summed E-state index contributed by atoms with van der Waals surface area (Å²) in [6.07, 6.45) is 1.23. The Morgan fingerprint density at radius 2 is 2.17 bits per heavy atom. The molecule has 3 nitrogen and oxygen atoms in total. The minimum absolute atomic E-state index is 0.320. The highest BCUT2D eigenvalue weighted by Crippen LogP contribution is 2.19. The summed E-state index contributed by atoms with van der Waals surface area (Å²) >= 11 is 5.79. The molecule has 0 atom stereocenters. The summed E-state index contributed by atoms with van der Waals surface area (Å²) < 4.78 is 0.605. The van der Waals surface area contributed by atoms with E-state index in [9.17, 15) is 5.21 Å². The van der Waals surface area contributed by atoms with Crippen LogP contribution in [0.2, 0.25) is 5.02 Å². The molecule has 0 N–H and O–H groups in total. The van der Waals surface area contributed by atoms with Crippen LogP contribution in [0.5, 0.6) is 0 Å². The lowest BCUT2D eigenvalue weighted by atomic mass is 10.1. The molecular formula is C8H7ClN2O. The molecule has 12 heavy (non-hydrogen) atoms. The van der Waals surface area contributed by atoms with E-state index in [-0.39, 0.29) is 0 Å². The fourth-order valence-electron chi connectivity index (χ4n) is 0.910. The van der Waals surface area contributed by atoms with Crippen molar-refractivity contribution in [3.63, 3.8) is 0 Å². The third-order valence-corrected chi connectivity index (χ3v) is 2.31. The van der Waals surface area contributed by atoms with E-state index in [4.69, 9.17) is 16.9 Å². The van der Waals surface area contributed by atoms with Gasteiger partial charge in [-0.3, -0.25) is 0 Å². The fourth-order valence-corrected chi connectivity index (χ4v) is 1.10. The van der Waals surface area contributed by atoms with Gasteiger partial charge in [0.05, 0.1) is 0 Å². The van der Waals surface area contributed by atoms with Crippen LogP contribution in [-0.2, 0) is 0 Å². The summed E-state index contributed by atoms with van der Waals surface area (Å²) in [5.41, 5.74) is 1.40. The van der Waals surface area contributed by atoms with E-state index in [0.29, 0.717) is 26.6 Å². The van der Waals surface area contributed by atoms with Gasteiger partial charge in [-0.25, -0.2) is 0 Å². The Bertz CT molecular complexity index is 368. The predicted octanol–water partition coefficient (Wildman–Crippen LogP) is 1.46. The predicted molar refractivity (Wildman–Crippen MR) is 44.6 cm³/mol. The molecule has 0 spiro atoms. The molecule has 1 aromatic heterocycles. The van der Waals surface area contributed by atoms with Gasteiger partial charge in [0.1, 0.15) is 16.7 Å². The van der Waals surface area contributed by atoms with Gasteiger partial charge >= 0.3 is 0 Å². The monoisotopic (exact) mass is 182 g/mol. The molecule has 0 saturated heterocycles. The van der Waals surface area contributed by atoms with Crippen molar-refractivity contribution in [3.05, 3.63) is 33.2 Å². The number of rotatable bonds is 0. The van der Waals surface area contributed by atoms with E-state index >= 15 is 0 Å². The lowest BCUT2D eigenvalue weighted by Gasteiger charge is -2.05. The average molecular weight is 183 g/mol. The quantitative estimate of drug-likeness (QED) is 0.451. The van der Waals surface area contributed by atoms with E-state index in [1.54, 1.807) is 13.8 Å². The number of hydrogen-bond donors (Lipinski definition) is 0. The third kappa shape index (κ3) is 1.21. The maximum absolute atomic E-state index is 11.1. The first-order valence-electron chi connectivity index (χ1n) is 3.37. The van der Waals surface area contributed by atoms with Crippen LogP contribution in [0.4, 0.5) is 0 Å². The van der Waals surface area contributed by atoms with E-state index in [1.807, 2.05) is 6.07 Å². The van der Waals surface area contributed by atoms with Gasteiger partial charge in [-0.15, -0.1) is 0 Å². The molecule has 0 radical (unpaired) electrons. The first kappa shape index (κ1) is 8.82. The number of nitriles is 1. The molecule has 62 valence electrons. The van der Waals surface area contributed by atoms with Crippen LogP contribution in [0, 0.1) is 30.4 Å². The van der Waals surface area contributed by atoms with Crippen LogP contribution in [0.25, 0.3) is 0 Å². The van der Waals surface area contributed by atoms with Gasteiger partial charge in [0.25, 0.3) is 0 Å². The zero-order valence-electron chi connectivity index (χ0n) is 6.76. The summed E-state index contributed by atoms with van der Waals surface area (Å²) in [5, 5.41) is 20.0. The number of hydrogen-bond acceptors (Lipinski definition) is 2. The number of pyridine rings is 1. The van der Waals surface area contributed by atoms with Crippen molar-refractivity contribution < 1.29 is 4.73 Å². The van der Waals surface area contributed by atoms with Crippen LogP contribution in [0.3, 0.4) is 0 Å². The van der Waals surface area contributed by atoms with Crippen LogP contribution >= 0.6 is 11.6 Å². The molecule has 0 bridgehead atoms. The Kier molecular flexibility index (Phi) is 2.20. The molecule has 0 aromatic carbocycles. The molecule has 0 saturated carbocycles. The molecule has 1 heterocycles. The number of aromatic nitrogens is 1. The van der Waals surface area contributed by atoms with Crippen LogP contribution < -0.4 is 4.73 Å². The molecule has 0 amide bonds. The highest BCUT2D eigenvalue weighted by Gasteiger charge is 2.13. The summed E-state index contributed by atoms with van der Waals surface area (Å²) in [5.74, 6) is 0. The van der Waals surface area contributed by atoms with Gasteiger partial charge in [-0.2, -0.15) is 9.99 Å². The molecular weight excluding hydrogens is 176 g/mol. The Morgan fingerprint density at radius 3 is 2.67 bits per heavy atom. The molecule has 0 aliphatic carbocycles.